The molecule has 1 aliphatic carbocycles. The Kier molecular flexibility index (Phi) is 5.88. The number of hydrogen-bond acceptors (Lipinski definition) is 7. The highest BCUT2D eigenvalue weighted by atomic mass is 16.7. The molecule has 0 spiro atoms. The van der Waals surface area contributed by atoms with Crippen molar-refractivity contribution in [1.29, 1.82) is 0 Å². The predicted molar refractivity (Wildman–Crippen MR) is 83.4 cm³/mol. The van der Waals surface area contributed by atoms with Crippen molar-refractivity contribution in [3.05, 3.63) is 47.0 Å². The Morgan fingerprint density at radius 2 is 2.00 bits per heavy atom. The number of nitro groups is 1. The van der Waals surface area contributed by atoms with Crippen molar-refractivity contribution >= 4 is 11.8 Å². The summed E-state index contributed by atoms with van der Waals surface area (Å²) in [6.07, 6.45) is 0.555. The third-order valence-corrected chi connectivity index (χ3v) is 4.24. The van der Waals surface area contributed by atoms with E-state index in [9.17, 15) is 25.1 Å². The van der Waals surface area contributed by atoms with Gasteiger partial charge in [0.2, 0.25) is 0 Å². The van der Waals surface area contributed by atoms with E-state index in [4.69, 9.17) is 9.47 Å². The molecule has 2 N–H and O–H groups in total. The fourth-order valence-corrected chi connectivity index (χ4v) is 2.99. The molecule has 0 heterocycles. The van der Waals surface area contributed by atoms with Gasteiger partial charge >= 0.3 is 6.16 Å². The molecule has 0 aromatic heterocycles. The number of nitro benzene ring substituents is 1. The summed E-state index contributed by atoms with van der Waals surface area (Å²) in [4.78, 5) is 22.0. The lowest BCUT2D eigenvalue weighted by Crippen LogP contribution is -2.33. The molecular weight excluding hydrogens is 318 g/mol. The highest BCUT2D eigenvalue weighted by Crippen LogP contribution is 2.39. The van der Waals surface area contributed by atoms with Crippen LogP contribution in [0.2, 0.25) is 0 Å². The number of ether oxygens (including phenoxy) is 2. The second-order valence-electron chi connectivity index (χ2n) is 5.61. The van der Waals surface area contributed by atoms with Crippen molar-refractivity contribution in [1.82, 2.24) is 0 Å². The van der Waals surface area contributed by atoms with Crippen LogP contribution >= 0.6 is 0 Å². The predicted octanol–water partition coefficient (Wildman–Crippen LogP) is 1.90. The Hall–Kier alpha value is -2.45. The molecule has 4 atom stereocenters. The Labute approximate surface area is 138 Å². The van der Waals surface area contributed by atoms with Gasteiger partial charge in [0.15, 0.2) is 0 Å². The van der Waals surface area contributed by atoms with Gasteiger partial charge in [-0.2, -0.15) is 0 Å². The summed E-state index contributed by atoms with van der Waals surface area (Å²) in [6, 6.07) is 4.99. The first-order chi connectivity index (χ1) is 11.5. The number of nitrogens with zero attached hydrogens (tertiary/aromatic N) is 1. The molecule has 1 fully saturated rings. The van der Waals surface area contributed by atoms with E-state index in [-0.39, 0.29) is 42.4 Å². The Morgan fingerprint density at radius 3 is 2.50 bits per heavy atom. The van der Waals surface area contributed by atoms with E-state index in [2.05, 4.69) is 6.58 Å². The fourth-order valence-electron chi connectivity index (χ4n) is 2.99. The molecule has 130 valence electrons. The molecule has 0 radical (unpaired) electrons. The maximum Gasteiger partial charge on any atom is 0.514 e. The zero-order valence-electron chi connectivity index (χ0n) is 12.9. The second-order valence-corrected chi connectivity index (χ2v) is 5.61. The SMILES string of the molecule is C=CC1CC(CO)C(OC(=O)Oc2ccc([N+](=O)[O-])cc2)C1CO. The minimum atomic E-state index is -0.990. The van der Waals surface area contributed by atoms with Gasteiger partial charge in [0, 0.05) is 30.6 Å². The molecule has 1 saturated carbocycles. The van der Waals surface area contributed by atoms with Crippen LogP contribution in [-0.4, -0.2) is 40.6 Å². The maximum atomic E-state index is 11.9. The standard InChI is InChI=1S/C16H19NO7/c1-2-10-7-11(8-18)15(14(10)9-19)24-16(20)23-13-5-3-12(4-6-13)17(21)22/h2-6,10-11,14-15,18-19H,1,7-9H2. The third kappa shape index (κ3) is 3.90. The van der Waals surface area contributed by atoms with Crippen LogP contribution in [0.15, 0.2) is 36.9 Å². The van der Waals surface area contributed by atoms with Gasteiger partial charge in [-0.3, -0.25) is 10.1 Å². The van der Waals surface area contributed by atoms with Gasteiger partial charge < -0.3 is 19.7 Å². The average molecular weight is 337 g/mol. The van der Waals surface area contributed by atoms with E-state index < -0.39 is 17.2 Å². The Balaban J connectivity index is 2.02. The number of carbonyl (C=O) groups excluding carboxylic acids is 1. The van der Waals surface area contributed by atoms with E-state index in [1.54, 1.807) is 6.08 Å². The van der Waals surface area contributed by atoms with E-state index >= 15 is 0 Å². The zero-order valence-corrected chi connectivity index (χ0v) is 12.9. The average Bonchev–Trinajstić information content (AvgIpc) is 2.91. The summed E-state index contributed by atoms with van der Waals surface area (Å²) in [5, 5.41) is 29.5. The molecule has 0 aliphatic heterocycles. The topological polar surface area (TPSA) is 119 Å². The summed E-state index contributed by atoms with van der Waals surface area (Å²) in [5.41, 5.74) is -0.124. The van der Waals surface area contributed by atoms with Crippen molar-refractivity contribution < 1.29 is 29.4 Å². The van der Waals surface area contributed by atoms with Gasteiger partial charge in [0.25, 0.3) is 5.69 Å². The number of rotatable bonds is 6. The van der Waals surface area contributed by atoms with Crippen molar-refractivity contribution in [2.45, 2.75) is 12.5 Å². The molecule has 8 heteroatoms. The van der Waals surface area contributed by atoms with Crippen LogP contribution in [0.3, 0.4) is 0 Å². The van der Waals surface area contributed by atoms with Gasteiger partial charge in [-0.05, 0) is 24.5 Å². The smallest absolute Gasteiger partial charge is 0.430 e. The van der Waals surface area contributed by atoms with Crippen LogP contribution in [0.4, 0.5) is 10.5 Å². The number of non-ortho nitro benzene ring substituents is 1. The molecular formula is C16H19NO7. The molecule has 0 saturated heterocycles. The summed E-state index contributed by atoms with van der Waals surface area (Å²) >= 11 is 0. The number of aliphatic hydroxyl groups is 2. The zero-order chi connectivity index (χ0) is 17.7. The number of carbonyl (C=O) groups is 1. The molecule has 2 rings (SSSR count). The normalized spacial score (nSPS) is 25.9. The monoisotopic (exact) mass is 337 g/mol. The molecule has 1 aliphatic rings. The summed E-state index contributed by atoms with van der Waals surface area (Å²) in [6.45, 7) is 3.30. The summed E-state index contributed by atoms with van der Waals surface area (Å²) in [7, 11) is 0. The summed E-state index contributed by atoms with van der Waals surface area (Å²) in [5.74, 6) is -0.632. The molecule has 24 heavy (non-hydrogen) atoms. The Morgan fingerprint density at radius 1 is 1.33 bits per heavy atom. The van der Waals surface area contributed by atoms with Gasteiger partial charge in [-0.1, -0.05) is 6.08 Å². The van der Waals surface area contributed by atoms with Gasteiger partial charge in [0.1, 0.15) is 11.9 Å². The lowest BCUT2D eigenvalue weighted by Gasteiger charge is -2.23. The van der Waals surface area contributed by atoms with Crippen LogP contribution in [0.1, 0.15) is 6.42 Å². The van der Waals surface area contributed by atoms with Crippen molar-refractivity contribution in [3.8, 4) is 5.75 Å². The highest BCUT2D eigenvalue weighted by Gasteiger charge is 2.44. The van der Waals surface area contributed by atoms with Gasteiger partial charge in [-0.25, -0.2) is 4.79 Å². The first-order valence-corrected chi connectivity index (χ1v) is 7.47. The van der Waals surface area contributed by atoms with Crippen molar-refractivity contribution in [2.75, 3.05) is 13.2 Å². The van der Waals surface area contributed by atoms with Crippen LogP contribution in [0, 0.1) is 27.9 Å². The molecule has 1 aromatic carbocycles. The fraction of sp³-hybridized carbons (Fsp3) is 0.438. The maximum absolute atomic E-state index is 11.9. The van der Waals surface area contributed by atoms with Gasteiger partial charge in [0.05, 0.1) is 11.5 Å². The van der Waals surface area contributed by atoms with Crippen LogP contribution in [0.5, 0.6) is 5.75 Å². The number of benzene rings is 1. The molecule has 0 bridgehead atoms. The van der Waals surface area contributed by atoms with E-state index in [0.29, 0.717) is 6.42 Å². The first kappa shape index (κ1) is 17.9. The van der Waals surface area contributed by atoms with E-state index in [0.717, 1.165) is 0 Å². The largest absolute Gasteiger partial charge is 0.514 e. The van der Waals surface area contributed by atoms with Crippen LogP contribution < -0.4 is 4.74 Å². The molecule has 8 nitrogen and oxygen atoms in total. The van der Waals surface area contributed by atoms with E-state index in [1.807, 2.05) is 0 Å². The van der Waals surface area contributed by atoms with Gasteiger partial charge in [-0.15, -0.1) is 6.58 Å². The second kappa shape index (κ2) is 7.89. The molecule has 1 aromatic rings. The highest BCUT2D eigenvalue weighted by molar-refractivity contribution is 5.64. The summed E-state index contributed by atoms with van der Waals surface area (Å²) < 4.78 is 10.3. The lowest BCUT2D eigenvalue weighted by atomic mass is 9.96. The first-order valence-electron chi connectivity index (χ1n) is 7.47. The molecule has 4 unspecified atom stereocenters. The number of allylic oxidation sites excluding steroid dienone is 1. The lowest BCUT2D eigenvalue weighted by molar-refractivity contribution is -0.384. The van der Waals surface area contributed by atoms with E-state index in [1.165, 1.54) is 24.3 Å². The minimum absolute atomic E-state index is 0.0654. The van der Waals surface area contributed by atoms with Crippen molar-refractivity contribution in [3.63, 3.8) is 0 Å². The quantitative estimate of drug-likeness (QED) is 0.267. The van der Waals surface area contributed by atoms with Crippen LogP contribution in [-0.2, 0) is 4.74 Å². The van der Waals surface area contributed by atoms with Crippen molar-refractivity contribution in [2.24, 2.45) is 17.8 Å². The minimum Gasteiger partial charge on any atom is -0.430 e. The van der Waals surface area contributed by atoms with Crippen LogP contribution in [0.25, 0.3) is 0 Å². The number of hydrogen-bond donors (Lipinski definition) is 2. The molecule has 0 amide bonds. The Bertz CT molecular complexity index is 601. The number of aliphatic hydroxyl groups excluding tert-OH is 2. The third-order valence-electron chi connectivity index (χ3n) is 4.24.